The first-order valence-corrected chi connectivity index (χ1v) is 5.14. The van der Waals surface area contributed by atoms with E-state index in [0.29, 0.717) is 10.6 Å². The van der Waals surface area contributed by atoms with Crippen LogP contribution in [0, 0.1) is 0 Å². The third kappa shape index (κ3) is 1.53. The Kier molecular flexibility index (Phi) is 2.28. The molecule has 0 aliphatic heterocycles. The van der Waals surface area contributed by atoms with Crippen molar-refractivity contribution in [3.8, 4) is 0 Å². The average molecular weight is 214 g/mol. The summed E-state index contributed by atoms with van der Waals surface area (Å²) in [5.41, 5.74) is 7.17. The minimum atomic E-state index is -1.06. The van der Waals surface area contributed by atoms with Gasteiger partial charge in [0.2, 0.25) is 0 Å². The zero-order chi connectivity index (χ0) is 10.3. The molecule has 14 heavy (non-hydrogen) atoms. The molecule has 1 aromatic carbocycles. The maximum atomic E-state index is 13.4. The maximum Gasteiger partial charge on any atom is 0.124 e. The van der Waals surface area contributed by atoms with Crippen LogP contribution in [0.3, 0.4) is 0 Å². The van der Waals surface area contributed by atoms with E-state index < -0.39 is 6.17 Å². The predicted octanol–water partition coefficient (Wildman–Crippen LogP) is 3.32. The summed E-state index contributed by atoms with van der Waals surface area (Å²) in [5.74, 6) is 0. The minimum Gasteiger partial charge on any atom is -0.321 e. The molecule has 0 radical (unpaired) electrons. The quantitative estimate of drug-likeness (QED) is 0.802. The Morgan fingerprint density at radius 3 is 2.64 bits per heavy atom. The number of rotatable bonds is 2. The van der Waals surface area contributed by atoms with Crippen LogP contribution in [0.1, 0.15) is 37.1 Å². The largest absolute Gasteiger partial charge is 0.321 e. The third-order valence-corrected chi connectivity index (χ3v) is 3.11. The second kappa shape index (κ2) is 3.21. The van der Waals surface area contributed by atoms with Gasteiger partial charge >= 0.3 is 0 Å². The molecule has 0 spiro atoms. The Balaban J connectivity index is 2.53. The van der Waals surface area contributed by atoms with Crippen LogP contribution in [0.15, 0.2) is 18.2 Å². The molecule has 3 heteroatoms. The number of nitrogens with two attached hydrogens (primary N) is 1. The molecule has 2 N–H and O–H groups in total. The molecule has 1 atom stereocenters. The molecule has 0 aromatic heterocycles. The highest BCUT2D eigenvalue weighted by molar-refractivity contribution is 6.31. The van der Waals surface area contributed by atoms with Crippen molar-refractivity contribution in [2.24, 2.45) is 5.73 Å². The van der Waals surface area contributed by atoms with Gasteiger partial charge in [0.1, 0.15) is 6.17 Å². The predicted molar refractivity (Wildman–Crippen MR) is 56.1 cm³/mol. The Morgan fingerprint density at radius 2 is 2.14 bits per heavy atom. The zero-order valence-electron chi connectivity index (χ0n) is 8.06. The van der Waals surface area contributed by atoms with E-state index in [2.05, 4.69) is 0 Å². The van der Waals surface area contributed by atoms with Crippen molar-refractivity contribution < 1.29 is 4.39 Å². The van der Waals surface area contributed by atoms with Crippen molar-refractivity contribution in [3.05, 3.63) is 34.3 Å². The molecule has 0 heterocycles. The first kappa shape index (κ1) is 9.94. The van der Waals surface area contributed by atoms with Gasteiger partial charge in [0.05, 0.1) is 0 Å². The summed E-state index contributed by atoms with van der Waals surface area (Å²) >= 11 is 5.96. The molecule has 0 saturated heterocycles. The van der Waals surface area contributed by atoms with Gasteiger partial charge in [0.15, 0.2) is 0 Å². The lowest BCUT2D eigenvalue weighted by atomic mass is 9.96. The van der Waals surface area contributed by atoms with E-state index >= 15 is 0 Å². The highest BCUT2D eigenvalue weighted by Gasteiger charge is 2.42. The number of alkyl halides is 1. The Bertz CT molecular complexity index is 358. The van der Waals surface area contributed by atoms with E-state index in [-0.39, 0.29) is 5.54 Å². The van der Waals surface area contributed by atoms with Crippen LogP contribution in [-0.2, 0) is 5.54 Å². The smallest absolute Gasteiger partial charge is 0.124 e. The summed E-state index contributed by atoms with van der Waals surface area (Å²) in [5, 5.41) is 0.481. The van der Waals surface area contributed by atoms with Crippen molar-refractivity contribution in [1.82, 2.24) is 0 Å². The molecule has 0 amide bonds. The van der Waals surface area contributed by atoms with Crippen molar-refractivity contribution >= 4 is 11.6 Å². The molecule has 1 fully saturated rings. The highest BCUT2D eigenvalue weighted by atomic mass is 35.5. The summed E-state index contributed by atoms with van der Waals surface area (Å²) in [6.07, 6.45) is 0.792. The summed E-state index contributed by atoms with van der Waals surface area (Å²) in [6, 6.07) is 5.42. The summed E-state index contributed by atoms with van der Waals surface area (Å²) < 4.78 is 13.4. The van der Waals surface area contributed by atoms with Gasteiger partial charge in [-0.05, 0) is 31.4 Å². The molecule has 2 rings (SSSR count). The number of benzene rings is 1. The second-order valence-corrected chi connectivity index (χ2v) is 4.38. The number of halogens is 2. The van der Waals surface area contributed by atoms with Crippen LogP contribution in [0.2, 0.25) is 5.02 Å². The highest BCUT2D eigenvalue weighted by Crippen LogP contribution is 2.47. The maximum absolute atomic E-state index is 13.4. The lowest BCUT2D eigenvalue weighted by molar-refractivity contribution is 0.369. The standard InChI is InChI=1S/C11H13ClFN/c1-7(13)10-8(11(14)5-6-11)3-2-4-9(10)12/h2-4,7H,5-6,14H2,1H3. The van der Waals surface area contributed by atoms with Crippen molar-refractivity contribution in [2.75, 3.05) is 0 Å². The molecule has 1 nitrogen and oxygen atoms in total. The molecule has 1 saturated carbocycles. The summed E-state index contributed by atoms with van der Waals surface area (Å²) in [4.78, 5) is 0. The molecule has 76 valence electrons. The molecular formula is C11H13ClFN. The molecule has 1 aliphatic carbocycles. The van der Waals surface area contributed by atoms with Crippen LogP contribution < -0.4 is 5.73 Å². The van der Waals surface area contributed by atoms with E-state index in [1.165, 1.54) is 6.92 Å². The normalized spacial score (nSPS) is 20.6. The van der Waals surface area contributed by atoms with Gasteiger partial charge in [-0.25, -0.2) is 4.39 Å². The molecule has 1 unspecified atom stereocenters. The topological polar surface area (TPSA) is 26.0 Å². The van der Waals surface area contributed by atoms with Crippen LogP contribution in [0.25, 0.3) is 0 Å². The Labute approximate surface area is 88.1 Å². The van der Waals surface area contributed by atoms with Gasteiger partial charge in [0.25, 0.3) is 0 Å². The van der Waals surface area contributed by atoms with E-state index in [0.717, 1.165) is 18.4 Å². The first-order valence-electron chi connectivity index (χ1n) is 4.76. The van der Waals surface area contributed by atoms with Gasteiger partial charge < -0.3 is 5.73 Å². The SMILES string of the molecule is CC(F)c1c(Cl)cccc1C1(N)CC1. The van der Waals surface area contributed by atoms with Gasteiger partial charge in [-0.3, -0.25) is 0 Å². The van der Waals surface area contributed by atoms with Crippen LogP contribution >= 0.6 is 11.6 Å². The van der Waals surface area contributed by atoms with E-state index in [4.69, 9.17) is 17.3 Å². The van der Waals surface area contributed by atoms with Gasteiger partial charge in [-0.2, -0.15) is 0 Å². The fraction of sp³-hybridized carbons (Fsp3) is 0.455. The van der Waals surface area contributed by atoms with Crippen molar-refractivity contribution in [1.29, 1.82) is 0 Å². The average Bonchev–Trinajstić information content (AvgIpc) is 2.84. The molecule has 1 aromatic rings. The molecule has 0 bridgehead atoms. The zero-order valence-corrected chi connectivity index (χ0v) is 8.81. The summed E-state index contributed by atoms with van der Waals surface area (Å²) in [6.45, 7) is 1.50. The van der Waals surface area contributed by atoms with Gasteiger partial charge in [-0.1, -0.05) is 23.7 Å². The Hall–Kier alpha value is -0.600. The van der Waals surface area contributed by atoms with E-state index in [1.54, 1.807) is 6.07 Å². The monoisotopic (exact) mass is 213 g/mol. The van der Waals surface area contributed by atoms with E-state index in [1.807, 2.05) is 12.1 Å². The Morgan fingerprint density at radius 1 is 1.50 bits per heavy atom. The van der Waals surface area contributed by atoms with E-state index in [9.17, 15) is 4.39 Å². The first-order chi connectivity index (χ1) is 6.54. The van der Waals surface area contributed by atoms with Crippen molar-refractivity contribution in [3.63, 3.8) is 0 Å². The lowest BCUT2D eigenvalue weighted by Crippen LogP contribution is -2.21. The van der Waals surface area contributed by atoms with Crippen LogP contribution in [0.5, 0.6) is 0 Å². The number of hydrogen-bond acceptors (Lipinski definition) is 1. The lowest BCUT2D eigenvalue weighted by Gasteiger charge is -2.17. The van der Waals surface area contributed by atoms with Crippen LogP contribution in [0.4, 0.5) is 4.39 Å². The second-order valence-electron chi connectivity index (χ2n) is 3.97. The molecule has 1 aliphatic rings. The fourth-order valence-electron chi connectivity index (χ4n) is 1.78. The fourth-order valence-corrected chi connectivity index (χ4v) is 2.10. The van der Waals surface area contributed by atoms with Crippen molar-refractivity contribution in [2.45, 2.75) is 31.5 Å². The van der Waals surface area contributed by atoms with Crippen LogP contribution in [-0.4, -0.2) is 0 Å². The van der Waals surface area contributed by atoms with Gasteiger partial charge in [-0.15, -0.1) is 0 Å². The third-order valence-electron chi connectivity index (χ3n) is 2.78. The molecular weight excluding hydrogens is 201 g/mol. The number of hydrogen-bond donors (Lipinski definition) is 1. The summed E-state index contributed by atoms with van der Waals surface area (Å²) in [7, 11) is 0. The van der Waals surface area contributed by atoms with Gasteiger partial charge in [0, 0.05) is 16.1 Å². The minimum absolute atomic E-state index is 0.319.